The van der Waals surface area contributed by atoms with Crippen LogP contribution in [0.25, 0.3) is 0 Å². The largest absolute Gasteiger partial charge is 0.465 e. The van der Waals surface area contributed by atoms with E-state index in [-0.39, 0.29) is 6.04 Å². The van der Waals surface area contributed by atoms with Gasteiger partial charge in [0.25, 0.3) is 0 Å². The van der Waals surface area contributed by atoms with Crippen molar-refractivity contribution in [2.45, 2.75) is 37.2 Å². The molecule has 1 aliphatic rings. The van der Waals surface area contributed by atoms with Crippen LogP contribution in [0.3, 0.4) is 0 Å². The van der Waals surface area contributed by atoms with Crippen molar-refractivity contribution in [1.82, 2.24) is 9.80 Å². The third kappa shape index (κ3) is 5.69. The van der Waals surface area contributed by atoms with Crippen molar-refractivity contribution in [2.75, 3.05) is 38.6 Å². The topological polar surface area (TPSA) is 53.0 Å². The van der Waals surface area contributed by atoms with E-state index in [1.165, 1.54) is 4.90 Å². The Balaban J connectivity index is 2.10. The molecule has 0 unspecified atom stereocenters. The number of nitrogens with zero attached hydrogens (tertiary/aromatic N) is 2. The molecule has 0 radical (unpaired) electrons. The van der Waals surface area contributed by atoms with Gasteiger partial charge in [-0.05, 0) is 32.9 Å². The zero-order valence-corrected chi connectivity index (χ0v) is 15.6. The van der Waals surface area contributed by atoms with Gasteiger partial charge in [0.05, 0.1) is 19.3 Å². The Morgan fingerprint density at radius 3 is 2.46 bits per heavy atom. The molecule has 24 heavy (non-hydrogen) atoms. The van der Waals surface area contributed by atoms with Gasteiger partial charge in [-0.25, -0.2) is 4.79 Å². The third-order valence-corrected chi connectivity index (χ3v) is 5.21. The molecular formula is C18H28N2O3S. The summed E-state index contributed by atoms with van der Waals surface area (Å²) >= 11 is 1.72. The first-order valence-electron chi connectivity index (χ1n) is 8.38. The molecule has 0 saturated carbocycles. The number of benzene rings is 1. The quantitative estimate of drug-likeness (QED) is 0.797. The van der Waals surface area contributed by atoms with Gasteiger partial charge in [0.1, 0.15) is 0 Å². The molecule has 1 amide bonds. The molecular weight excluding hydrogens is 324 g/mol. The normalized spacial score (nSPS) is 17.5. The molecule has 1 heterocycles. The number of carboxylic acid groups (broad SMARTS) is 1. The monoisotopic (exact) mass is 352 g/mol. The fourth-order valence-corrected chi connectivity index (χ4v) is 3.98. The van der Waals surface area contributed by atoms with Crippen LogP contribution in [0.1, 0.15) is 20.8 Å². The van der Waals surface area contributed by atoms with E-state index in [1.54, 1.807) is 16.7 Å². The standard InChI is InChI=1S/C18H28N2O3S/c1-18(2,3)20(17(21)22)15(13-19-9-11-23-12-10-19)14-24-16-7-5-4-6-8-16/h4-8,15H,9-14H2,1-3H3,(H,21,22)/t15-/m1/s1. The van der Waals surface area contributed by atoms with Gasteiger partial charge in [-0.15, -0.1) is 11.8 Å². The first-order valence-corrected chi connectivity index (χ1v) is 9.36. The van der Waals surface area contributed by atoms with Crippen molar-refractivity contribution < 1.29 is 14.6 Å². The smallest absolute Gasteiger partial charge is 0.408 e. The van der Waals surface area contributed by atoms with Crippen molar-refractivity contribution in [3.8, 4) is 0 Å². The van der Waals surface area contributed by atoms with E-state index in [1.807, 2.05) is 39.0 Å². The maximum Gasteiger partial charge on any atom is 0.408 e. The van der Waals surface area contributed by atoms with Gasteiger partial charge in [-0.3, -0.25) is 9.80 Å². The van der Waals surface area contributed by atoms with E-state index in [0.29, 0.717) is 0 Å². The Morgan fingerprint density at radius 1 is 1.29 bits per heavy atom. The van der Waals surface area contributed by atoms with E-state index in [9.17, 15) is 9.90 Å². The highest BCUT2D eigenvalue weighted by Crippen LogP contribution is 2.25. The van der Waals surface area contributed by atoms with Gasteiger partial charge in [0.2, 0.25) is 0 Å². The summed E-state index contributed by atoms with van der Waals surface area (Å²) in [6.07, 6.45) is -0.852. The molecule has 2 rings (SSSR count). The zero-order valence-electron chi connectivity index (χ0n) is 14.8. The van der Waals surface area contributed by atoms with E-state index in [4.69, 9.17) is 4.74 Å². The molecule has 1 aromatic carbocycles. The van der Waals surface area contributed by atoms with Crippen LogP contribution in [0.5, 0.6) is 0 Å². The molecule has 1 atom stereocenters. The van der Waals surface area contributed by atoms with Crippen LogP contribution in [0, 0.1) is 0 Å². The van der Waals surface area contributed by atoms with E-state index >= 15 is 0 Å². The Labute approximate surface area is 149 Å². The van der Waals surface area contributed by atoms with Crippen molar-refractivity contribution >= 4 is 17.9 Å². The van der Waals surface area contributed by atoms with Crippen molar-refractivity contribution in [3.63, 3.8) is 0 Å². The van der Waals surface area contributed by atoms with E-state index < -0.39 is 11.6 Å². The minimum Gasteiger partial charge on any atom is -0.465 e. The Morgan fingerprint density at radius 2 is 1.92 bits per heavy atom. The first kappa shape index (κ1) is 19.1. The molecule has 0 bridgehead atoms. The summed E-state index contributed by atoms with van der Waals surface area (Å²) in [6.45, 7) is 9.80. The number of hydrogen-bond acceptors (Lipinski definition) is 4. The minimum absolute atomic E-state index is 0.0641. The number of hydrogen-bond donors (Lipinski definition) is 1. The van der Waals surface area contributed by atoms with Crippen molar-refractivity contribution in [1.29, 1.82) is 0 Å². The second kappa shape index (κ2) is 8.74. The Kier molecular flexibility index (Phi) is 6.95. The summed E-state index contributed by atoms with van der Waals surface area (Å²) in [6, 6.07) is 10.1. The Bertz CT molecular complexity index is 513. The molecule has 1 N–H and O–H groups in total. The predicted molar refractivity (Wildman–Crippen MR) is 97.8 cm³/mol. The highest BCUT2D eigenvalue weighted by atomic mass is 32.2. The third-order valence-electron chi connectivity index (χ3n) is 4.05. The fourth-order valence-electron chi connectivity index (χ4n) is 2.99. The van der Waals surface area contributed by atoms with Gasteiger partial charge in [-0.1, -0.05) is 18.2 Å². The SMILES string of the molecule is CC(C)(C)N(C(=O)O)[C@@H](CSc1ccccc1)CN1CCOCC1. The van der Waals surface area contributed by atoms with Crippen molar-refractivity contribution in [2.24, 2.45) is 0 Å². The Hall–Kier alpha value is -1.24. The molecule has 1 aromatic rings. The zero-order chi connectivity index (χ0) is 17.6. The number of carbonyl (C=O) groups is 1. The summed E-state index contributed by atoms with van der Waals surface area (Å²) in [5.41, 5.74) is -0.431. The highest BCUT2D eigenvalue weighted by molar-refractivity contribution is 7.99. The number of amides is 1. The van der Waals surface area contributed by atoms with Crippen LogP contribution < -0.4 is 0 Å². The number of rotatable bonds is 6. The maximum absolute atomic E-state index is 11.9. The lowest BCUT2D eigenvalue weighted by atomic mass is 10.0. The average molecular weight is 353 g/mol. The minimum atomic E-state index is -0.852. The van der Waals surface area contributed by atoms with Crippen LogP contribution in [-0.4, -0.2) is 71.2 Å². The van der Waals surface area contributed by atoms with E-state index in [0.717, 1.165) is 38.6 Å². The molecule has 5 nitrogen and oxygen atoms in total. The fraction of sp³-hybridized carbons (Fsp3) is 0.611. The lowest BCUT2D eigenvalue weighted by Crippen LogP contribution is -2.56. The summed E-state index contributed by atoms with van der Waals surface area (Å²) in [4.78, 5) is 17.0. The number of ether oxygens (including phenoxy) is 1. The van der Waals surface area contributed by atoms with Gasteiger partial charge >= 0.3 is 6.09 Å². The first-order chi connectivity index (χ1) is 11.4. The number of morpholine rings is 1. The van der Waals surface area contributed by atoms with Crippen molar-refractivity contribution in [3.05, 3.63) is 30.3 Å². The van der Waals surface area contributed by atoms with Gasteiger partial charge < -0.3 is 9.84 Å². The second-order valence-electron chi connectivity index (χ2n) is 7.01. The van der Waals surface area contributed by atoms with E-state index in [2.05, 4.69) is 17.0 Å². The molecule has 1 fully saturated rings. The maximum atomic E-state index is 11.9. The average Bonchev–Trinajstić information content (AvgIpc) is 2.53. The van der Waals surface area contributed by atoms with Crippen LogP contribution in [-0.2, 0) is 4.74 Å². The molecule has 0 spiro atoms. The predicted octanol–water partition coefficient (Wildman–Crippen LogP) is 3.26. The van der Waals surface area contributed by atoms with Crippen LogP contribution >= 0.6 is 11.8 Å². The molecule has 0 aliphatic carbocycles. The molecule has 134 valence electrons. The van der Waals surface area contributed by atoms with Gasteiger partial charge in [-0.2, -0.15) is 0 Å². The molecule has 0 aromatic heterocycles. The van der Waals surface area contributed by atoms with Crippen LogP contribution in [0.15, 0.2) is 35.2 Å². The summed E-state index contributed by atoms with van der Waals surface area (Å²) in [5, 5.41) is 9.78. The van der Waals surface area contributed by atoms with Gasteiger partial charge in [0.15, 0.2) is 0 Å². The number of thioether (sulfide) groups is 1. The lowest BCUT2D eigenvalue weighted by Gasteiger charge is -2.42. The second-order valence-corrected chi connectivity index (χ2v) is 8.11. The van der Waals surface area contributed by atoms with Gasteiger partial charge in [0, 0.05) is 35.8 Å². The van der Waals surface area contributed by atoms with Crippen LogP contribution in [0.2, 0.25) is 0 Å². The molecule has 6 heteroatoms. The summed E-state index contributed by atoms with van der Waals surface area (Å²) in [7, 11) is 0. The highest BCUT2D eigenvalue weighted by Gasteiger charge is 2.34. The summed E-state index contributed by atoms with van der Waals surface area (Å²) in [5.74, 6) is 0.741. The summed E-state index contributed by atoms with van der Waals surface area (Å²) < 4.78 is 5.41. The molecule has 1 aliphatic heterocycles. The molecule has 1 saturated heterocycles. The lowest BCUT2D eigenvalue weighted by molar-refractivity contribution is 0.0146. The van der Waals surface area contributed by atoms with Crippen LogP contribution in [0.4, 0.5) is 4.79 Å².